The first-order valence-electron chi connectivity index (χ1n) is 9.48. The summed E-state index contributed by atoms with van der Waals surface area (Å²) >= 11 is 0. The third kappa shape index (κ3) is 5.01. The van der Waals surface area contributed by atoms with E-state index in [4.69, 9.17) is 0 Å². The number of carbonyl (C=O) groups is 2. The van der Waals surface area contributed by atoms with Crippen molar-refractivity contribution in [3.05, 3.63) is 92.1 Å². The Morgan fingerprint density at radius 2 is 1.41 bits per heavy atom. The Labute approximate surface area is 190 Å². The number of nitrogens with zero attached hydrogens (tertiary/aromatic N) is 8. The van der Waals surface area contributed by atoms with Gasteiger partial charge >= 0.3 is 0 Å². The molecular weight excluding hydrogens is 448 g/mol. The quantitative estimate of drug-likeness (QED) is 0.233. The first kappa shape index (κ1) is 23.5. The molecule has 0 saturated carbocycles. The molecule has 0 radical (unpaired) electrons. The minimum atomic E-state index is -0.552. The van der Waals surface area contributed by atoms with Gasteiger partial charge in [0.2, 0.25) is 0 Å². The fourth-order valence-electron chi connectivity index (χ4n) is 2.90. The van der Waals surface area contributed by atoms with Crippen LogP contribution in [-0.4, -0.2) is 51.9 Å². The molecule has 2 aromatic heterocycles. The standard InChI is InChI=1S/2C10H8N4O3/c1-7-11-6-13(12-7)10-3-2-9(14(16)17)4-8(10)5-15;1-7-11-6-12-13(7)10-3-2-9(14(16)17)4-8(10)5-15/h2*2-6H,1H3. The maximum Gasteiger partial charge on any atom is 0.270 e. The Bertz CT molecular complexity index is 1390. The summed E-state index contributed by atoms with van der Waals surface area (Å²) < 4.78 is 2.86. The van der Waals surface area contributed by atoms with E-state index in [9.17, 15) is 29.8 Å². The second-order valence-electron chi connectivity index (χ2n) is 6.69. The van der Waals surface area contributed by atoms with Crippen molar-refractivity contribution >= 4 is 23.9 Å². The van der Waals surface area contributed by atoms with Crippen LogP contribution in [0.4, 0.5) is 11.4 Å². The van der Waals surface area contributed by atoms with Gasteiger partial charge in [-0.05, 0) is 26.0 Å². The molecule has 4 aromatic rings. The molecule has 14 heteroatoms. The molecule has 14 nitrogen and oxygen atoms in total. The van der Waals surface area contributed by atoms with E-state index in [0.717, 1.165) is 0 Å². The number of carbonyl (C=O) groups excluding carboxylic acids is 2. The van der Waals surface area contributed by atoms with Crippen LogP contribution < -0.4 is 0 Å². The van der Waals surface area contributed by atoms with E-state index in [2.05, 4.69) is 20.2 Å². The molecule has 0 fully saturated rings. The van der Waals surface area contributed by atoms with Gasteiger partial charge in [0.05, 0.1) is 21.2 Å². The van der Waals surface area contributed by atoms with Crippen molar-refractivity contribution in [2.75, 3.05) is 0 Å². The summed E-state index contributed by atoms with van der Waals surface area (Å²) in [6, 6.07) is 8.01. The zero-order valence-corrected chi connectivity index (χ0v) is 17.8. The van der Waals surface area contributed by atoms with Gasteiger partial charge in [-0.15, -0.1) is 0 Å². The topological polar surface area (TPSA) is 182 Å². The van der Waals surface area contributed by atoms with Crippen LogP contribution in [0.3, 0.4) is 0 Å². The first-order valence-corrected chi connectivity index (χ1v) is 9.48. The minimum absolute atomic E-state index is 0.131. The summed E-state index contributed by atoms with van der Waals surface area (Å²) in [4.78, 5) is 49.7. The number of nitro groups is 2. The average Bonchev–Trinajstić information content (AvgIpc) is 3.46. The number of nitro benzene ring substituents is 2. The van der Waals surface area contributed by atoms with Crippen molar-refractivity contribution in [2.24, 2.45) is 0 Å². The van der Waals surface area contributed by atoms with Crippen molar-refractivity contribution in [3.8, 4) is 11.4 Å². The number of non-ortho nitro benzene ring substituents is 2. The highest BCUT2D eigenvalue weighted by molar-refractivity contribution is 5.82. The maximum atomic E-state index is 10.9. The highest BCUT2D eigenvalue weighted by Gasteiger charge is 2.14. The van der Waals surface area contributed by atoms with E-state index >= 15 is 0 Å². The molecule has 0 spiro atoms. The lowest BCUT2D eigenvalue weighted by atomic mass is 10.1. The average molecular weight is 464 g/mol. The van der Waals surface area contributed by atoms with Crippen molar-refractivity contribution in [3.63, 3.8) is 0 Å². The van der Waals surface area contributed by atoms with Crippen LogP contribution in [0.15, 0.2) is 49.1 Å². The molecular formula is C20H16N8O6. The third-order valence-electron chi connectivity index (χ3n) is 4.50. The zero-order valence-electron chi connectivity index (χ0n) is 17.8. The largest absolute Gasteiger partial charge is 0.298 e. The van der Waals surface area contributed by atoms with Crippen LogP contribution in [0.1, 0.15) is 32.4 Å². The Kier molecular flexibility index (Phi) is 6.91. The van der Waals surface area contributed by atoms with Crippen LogP contribution in [0.2, 0.25) is 0 Å². The highest BCUT2D eigenvalue weighted by atomic mass is 16.6. The van der Waals surface area contributed by atoms with Crippen molar-refractivity contribution in [1.29, 1.82) is 0 Å². The van der Waals surface area contributed by atoms with Crippen LogP contribution in [0, 0.1) is 34.1 Å². The molecule has 4 rings (SSSR count). The molecule has 0 atom stereocenters. The lowest BCUT2D eigenvalue weighted by Crippen LogP contribution is -2.04. The van der Waals surface area contributed by atoms with Gasteiger partial charge in [0.25, 0.3) is 11.4 Å². The summed E-state index contributed by atoms with van der Waals surface area (Å²) in [5.74, 6) is 1.15. The molecule has 0 unspecified atom stereocenters. The van der Waals surface area contributed by atoms with E-state index in [1.807, 2.05) is 0 Å². The number of aromatic nitrogens is 6. The predicted molar refractivity (Wildman–Crippen MR) is 116 cm³/mol. The van der Waals surface area contributed by atoms with Crippen molar-refractivity contribution in [2.45, 2.75) is 13.8 Å². The maximum absolute atomic E-state index is 10.9. The van der Waals surface area contributed by atoms with E-state index in [1.54, 1.807) is 13.8 Å². The predicted octanol–water partition coefficient (Wildman–Crippen LogP) is 2.59. The number of aldehydes is 2. The Balaban J connectivity index is 0.000000191. The normalized spacial score (nSPS) is 10.2. The lowest BCUT2D eigenvalue weighted by Gasteiger charge is -2.05. The molecule has 2 heterocycles. The van der Waals surface area contributed by atoms with E-state index < -0.39 is 9.85 Å². The molecule has 0 aliphatic heterocycles. The monoisotopic (exact) mass is 464 g/mol. The summed E-state index contributed by atoms with van der Waals surface area (Å²) in [7, 11) is 0. The van der Waals surface area contributed by atoms with Gasteiger partial charge in [-0.1, -0.05) is 0 Å². The lowest BCUT2D eigenvalue weighted by molar-refractivity contribution is -0.385. The SMILES string of the molecule is Cc1ncn(-c2ccc([N+](=O)[O-])cc2C=O)n1.Cc1ncnn1-c1ccc([N+](=O)[O-])cc1C=O. The molecule has 34 heavy (non-hydrogen) atoms. The number of hydrogen-bond donors (Lipinski definition) is 0. The number of aryl methyl sites for hydroxylation is 2. The van der Waals surface area contributed by atoms with E-state index in [0.29, 0.717) is 35.6 Å². The second kappa shape index (κ2) is 9.99. The van der Waals surface area contributed by atoms with Gasteiger partial charge in [-0.25, -0.2) is 19.3 Å². The summed E-state index contributed by atoms with van der Waals surface area (Å²) in [6.07, 6.45) is 3.91. The summed E-state index contributed by atoms with van der Waals surface area (Å²) in [5, 5.41) is 29.2. The molecule has 0 bridgehead atoms. The van der Waals surface area contributed by atoms with Gasteiger partial charge in [0.15, 0.2) is 12.6 Å². The fourth-order valence-corrected chi connectivity index (χ4v) is 2.90. The molecule has 0 N–H and O–H groups in total. The van der Waals surface area contributed by atoms with Crippen molar-refractivity contribution in [1.82, 2.24) is 29.5 Å². The molecule has 172 valence electrons. The van der Waals surface area contributed by atoms with Crippen LogP contribution >= 0.6 is 0 Å². The van der Waals surface area contributed by atoms with E-state index in [-0.39, 0.29) is 22.5 Å². The van der Waals surface area contributed by atoms with Gasteiger partial charge in [-0.3, -0.25) is 29.8 Å². The smallest absolute Gasteiger partial charge is 0.270 e. The highest BCUT2D eigenvalue weighted by Crippen LogP contribution is 2.20. The number of benzene rings is 2. The van der Waals surface area contributed by atoms with Crippen LogP contribution in [0.25, 0.3) is 11.4 Å². The zero-order chi connectivity index (χ0) is 24.8. The van der Waals surface area contributed by atoms with Gasteiger partial charge in [0.1, 0.15) is 24.3 Å². The van der Waals surface area contributed by atoms with Gasteiger partial charge in [0, 0.05) is 35.4 Å². The summed E-state index contributed by atoms with van der Waals surface area (Å²) in [5.41, 5.74) is 1.07. The second-order valence-corrected chi connectivity index (χ2v) is 6.69. The molecule has 0 saturated heterocycles. The fraction of sp³-hybridized carbons (Fsp3) is 0.100. The summed E-state index contributed by atoms with van der Waals surface area (Å²) in [6.45, 7) is 3.44. The van der Waals surface area contributed by atoms with E-state index in [1.165, 1.54) is 58.4 Å². The molecule has 0 aliphatic rings. The number of rotatable bonds is 6. The Hall–Kier alpha value is -5.14. The number of hydrogen-bond acceptors (Lipinski definition) is 10. The first-order chi connectivity index (χ1) is 16.2. The Morgan fingerprint density at radius 3 is 1.85 bits per heavy atom. The van der Waals surface area contributed by atoms with Crippen molar-refractivity contribution < 1.29 is 19.4 Å². The van der Waals surface area contributed by atoms with Gasteiger partial charge in [-0.2, -0.15) is 10.2 Å². The minimum Gasteiger partial charge on any atom is -0.298 e. The molecule has 0 aliphatic carbocycles. The molecule has 2 aromatic carbocycles. The third-order valence-corrected chi connectivity index (χ3v) is 4.50. The molecule has 0 amide bonds. The Morgan fingerprint density at radius 1 is 0.853 bits per heavy atom. The van der Waals surface area contributed by atoms with Crippen LogP contribution in [0.5, 0.6) is 0 Å². The van der Waals surface area contributed by atoms with Gasteiger partial charge < -0.3 is 0 Å². The van der Waals surface area contributed by atoms with Crippen LogP contribution in [-0.2, 0) is 0 Å².